The summed E-state index contributed by atoms with van der Waals surface area (Å²) >= 11 is 0. The maximum absolute atomic E-state index is 11.7. The number of rotatable bonds is 6. The lowest BCUT2D eigenvalue weighted by Gasteiger charge is -2.13. The summed E-state index contributed by atoms with van der Waals surface area (Å²) in [6.07, 6.45) is 0.586. The van der Waals surface area contributed by atoms with Crippen LogP contribution in [0.5, 0.6) is 0 Å². The summed E-state index contributed by atoms with van der Waals surface area (Å²) < 4.78 is 0. The number of nitrogens with one attached hydrogen (secondary N) is 2. The molecule has 1 unspecified atom stereocenters. The second kappa shape index (κ2) is 8.04. The van der Waals surface area contributed by atoms with Crippen LogP contribution < -0.4 is 10.6 Å². The molecule has 0 aliphatic rings. The molecule has 0 fully saturated rings. The molecule has 21 heavy (non-hydrogen) atoms. The maximum atomic E-state index is 11.7. The quantitative estimate of drug-likeness (QED) is 0.693. The Morgan fingerprint density at radius 2 is 1.76 bits per heavy atom. The molecule has 0 aromatic heterocycles. The first-order valence-corrected chi connectivity index (χ1v) is 6.80. The fraction of sp³-hybridized carbons (Fsp3) is 0.400. The van der Waals surface area contributed by atoms with Gasteiger partial charge in [-0.05, 0) is 25.0 Å². The number of amides is 2. The van der Waals surface area contributed by atoms with Crippen molar-refractivity contribution in [1.29, 1.82) is 0 Å². The Hall–Kier alpha value is -2.37. The first-order valence-electron chi connectivity index (χ1n) is 6.80. The summed E-state index contributed by atoms with van der Waals surface area (Å²) in [4.78, 5) is 34.0. The molecule has 6 heteroatoms. The van der Waals surface area contributed by atoms with E-state index in [-0.39, 0.29) is 18.9 Å². The highest BCUT2D eigenvalue weighted by molar-refractivity contribution is 6.39. The number of carbonyl (C=O) groups is 3. The average molecular weight is 292 g/mol. The molecule has 114 valence electrons. The van der Waals surface area contributed by atoms with Crippen LogP contribution in [-0.2, 0) is 14.4 Å². The molecule has 2 amide bonds. The lowest BCUT2D eigenvalue weighted by atomic mass is 10.0. The zero-order valence-corrected chi connectivity index (χ0v) is 12.2. The zero-order chi connectivity index (χ0) is 15.8. The van der Waals surface area contributed by atoms with Crippen LogP contribution in [-0.4, -0.2) is 29.4 Å². The Labute approximate surface area is 123 Å². The number of carboxylic acids is 1. The van der Waals surface area contributed by atoms with E-state index in [1.165, 1.54) is 0 Å². The van der Waals surface area contributed by atoms with Gasteiger partial charge in [-0.25, -0.2) is 0 Å². The van der Waals surface area contributed by atoms with Crippen LogP contribution in [0, 0.1) is 12.8 Å². The summed E-state index contributed by atoms with van der Waals surface area (Å²) in [5.41, 5.74) is 1.59. The second-order valence-electron chi connectivity index (χ2n) is 4.90. The van der Waals surface area contributed by atoms with Crippen LogP contribution in [0.25, 0.3) is 0 Å². The van der Waals surface area contributed by atoms with E-state index >= 15 is 0 Å². The number of carboxylic acid groups (broad SMARTS) is 1. The minimum absolute atomic E-state index is 0.0314. The second-order valence-corrected chi connectivity index (χ2v) is 4.90. The highest BCUT2D eigenvalue weighted by atomic mass is 16.4. The Balaban J connectivity index is 2.45. The number of hydrogen-bond donors (Lipinski definition) is 3. The molecule has 0 saturated carbocycles. The summed E-state index contributed by atoms with van der Waals surface area (Å²) in [5.74, 6) is -2.62. The van der Waals surface area contributed by atoms with Crippen molar-refractivity contribution >= 4 is 23.5 Å². The van der Waals surface area contributed by atoms with Gasteiger partial charge < -0.3 is 15.7 Å². The van der Waals surface area contributed by atoms with E-state index in [2.05, 4.69) is 10.6 Å². The lowest BCUT2D eigenvalue weighted by Crippen LogP contribution is -2.38. The monoisotopic (exact) mass is 292 g/mol. The Morgan fingerprint density at radius 3 is 2.29 bits per heavy atom. The van der Waals surface area contributed by atoms with Crippen LogP contribution >= 0.6 is 0 Å². The summed E-state index contributed by atoms with van der Waals surface area (Å²) in [5, 5.41) is 13.7. The number of aryl methyl sites for hydroxylation is 1. The van der Waals surface area contributed by atoms with Gasteiger partial charge in [0.15, 0.2) is 0 Å². The molecule has 0 saturated heterocycles. The predicted molar refractivity (Wildman–Crippen MR) is 78.9 cm³/mol. The maximum Gasteiger partial charge on any atom is 0.313 e. The van der Waals surface area contributed by atoms with Gasteiger partial charge in [-0.2, -0.15) is 0 Å². The van der Waals surface area contributed by atoms with Crippen LogP contribution in [0.3, 0.4) is 0 Å². The van der Waals surface area contributed by atoms with Gasteiger partial charge >= 0.3 is 17.8 Å². The number of anilines is 1. The number of carbonyl (C=O) groups excluding carboxylic acids is 2. The molecule has 0 heterocycles. The zero-order valence-electron chi connectivity index (χ0n) is 12.2. The molecule has 0 aliphatic heterocycles. The van der Waals surface area contributed by atoms with Crippen molar-refractivity contribution in [1.82, 2.24) is 5.32 Å². The molecule has 0 aliphatic carbocycles. The third kappa shape index (κ3) is 6.07. The molecule has 0 spiro atoms. The highest BCUT2D eigenvalue weighted by Gasteiger charge is 2.17. The first kappa shape index (κ1) is 16.7. The van der Waals surface area contributed by atoms with Crippen molar-refractivity contribution in [3.8, 4) is 0 Å². The fourth-order valence-corrected chi connectivity index (χ4v) is 1.75. The van der Waals surface area contributed by atoms with Crippen LogP contribution in [0.1, 0.15) is 25.3 Å². The standard InChI is InChI=1S/C15H20N2O4/c1-3-11(8-13(18)19)9-16-14(20)15(21)17-12-6-4-10(2)5-7-12/h4-7,11H,3,8-9H2,1-2H3,(H,16,20)(H,17,21)(H,18,19). The van der Waals surface area contributed by atoms with E-state index in [1.54, 1.807) is 12.1 Å². The SMILES string of the molecule is CCC(CNC(=O)C(=O)Nc1ccc(C)cc1)CC(=O)O. The van der Waals surface area contributed by atoms with Crippen LogP contribution in [0.4, 0.5) is 5.69 Å². The van der Waals surface area contributed by atoms with Crippen molar-refractivity contribution in [2.24, 2.45) is 5.92 Å². The van der Waals surface area contributed by atoms with Crippen LogP contribution in [0.2, 0.25) is 0 Å². The Kier molecular flexibility index (Phi) is 6.39. The Morgan fingerprint density at radius 1 is 1.14 bits per heavy atom. The molecule has 1 aromatic carbocycles. The van der Waals surface area contributed by atoms with Gasteiger partial charge in [0.25, 0.3) is 0 Å². The smallest absolute Gasteiger partial charge is 0.313 e. The van der Waals surface area contributed by atoms with E-state index in [4.69, 9.17) is 5.11 Å². The summed E-state index contributed by atoms with van der Waals surface area (Å²) in [7, 11) is 0. The fourth-order valence-electron chi connectivity index (χ4n) is 1.75. The van der Waals surface area contributed by atoms with Gasteiger partial charge in [0.2, 0.25) is 0 Å². The minimum atomic E-state index is -0.916. The number of aliphatic carboxylic acids is 1. The Bertz CT molecular complexity index is 511. The molecular formula is C15H20N2O4. The topological polar surface area (TPSA) is 95.5 Å². The molecule has 1 atom stereocenters. The number of benzene rings is 1. The van der Waals surface area contributed by atoms with E-state index in [0.29, 0.717) is 12.1 Å². The third-order valence-corrected chi connectivity index (χ3v) is 3.11. The molecule has 0 bridgehead atoms. The molecule has 0 radical (unpaired) electrons. The molecule has 1 aromatic rings. The van der Waals surface area contributed by atoms with Gasteiger partial charge in [-0.15, -0.1) is 0 Å². The van der Waals surface area contributed by atoms with Crippen molar-refractivity contribution in [2.45, 2.75) is 26.7 Å². The van der Waals surface area contributed by atoms with E-state index in [0.717, 1.165) is 5.56 Å². The van der Waals surface area contributed by atoms with Crippen molar-refractivity contribution in [2.75, 3.05) is 11.9 Å². The van der Waals surface area contributed by atoms with Gasteiger partial charge in [-0.3, -0.25) is 14.4 Å². The first-order chi connectivity index (χ1) is 9.92. The molecule has 6 nitrogen and oxygen atoms in total. The predicted octanol–water partition coefficient (Wildman–Crippen LogP) is 1.55. The van der Waals surface area contributed by atoms with Crippen LogP contribution in [0.15, 0.2) is 24.3 Å². The number of hydrogen-bond acceptors (Lipinski definition) is 3. The summed E-state index contributed by atoms with van der Waals surface area (Å²) in [6.45, 7) is 3.93. The lowest BCUT2D eigenvalue weighted by molar-refractivity contribution is -0.138. The molecular weight excluding hydrogens is 272 g/mol. The minimum Gasteiger partial charge on any atom is -0.481 e. The van der Waals surface area contributed by atoms with Gasteiger partial charge in [0.1, 0.15) is 0 Å². The molecule has 3 N–H and O–H groups in total. The van der Waals surface area contributed by atoms with E-state index < -0.39 is 17.8 Å². The highest BCUT2D eigenvalue weighted by Crippen LogP contribution is 2.09. The molecule has 1 rings (SSSR count). The van der Waals surface area contributed by atoms with Crippen molar-refractivity contribution in [3.63, 3.8) is 0 Å². The van der Waals surface area contributed by atoms with Gasteiger partial charge in [0, 0.05) is 18.7 Å². The largest absolute Gasteiger partial charge is 0.481 e. The van der Waals surface area contributed by atoms with Gasteiger partial charge in [0.05, 0.1) is 0 Å². The van der Waals surface area contributed by atoms with E-state index in [9.17, 15) is 14.4 Å². The van der Waals surface area contributed by atoms with E-state index in [1.807, 2.05) is 26.0 Å². The normalized spacial score (nSPS) is 11.5. The average Bonchev–Trinajstić information content (AvgIpc) is 2.45. The van der Waals surface area contributed by atoms with Crippen molar-refractivity contribution in [3.05, 3.63) is 29.8 Å². The summed E-state index contributed by atoms with van der Waals surface area (Å²) in [6, 6.07) is 7.07. The van der Waals surface area contributed by atoms with Gasteiger partial charge in [-0.1, -0.05) is 31.0 Å². The van der Waals surface area contributed by atoms with Crippen molar-refractivity contribution < 1.29 is 19.5 Å². The third-order valence-electron chi connectivity index (χ3n) is 3.11.